The molecule has 2 heterocycles. The van der Waals surface area contributed by atoms with Gasteiger partial charge in [-0.05, 0) is 26.0 Å². The van der Waals surface area contributed by atoms with Gasteiger partial charge in [0.1, 0.15) is 17.1 Å². The van der Waals surface area contributed by atoms with E-state index >= 15 is 0 Å². The minimum Gasteiger partial charge on any atom is -0.290 e. The Labute approximate surface area is 128 Å². The van der Waals surface area contributed by atoms with Gasteiger partial charge in [0, 0.05) is 17.3 Å². The predicted molar refractivity (Wildman–Crippen MR) is 80.3 cm³/mol. The summed E-state index contributed by atoms with van der Waals surface area (Å²) < 4.78 is 29.9. The van der Waals surface area contributed by atoms with E-state index in [0.29, 0.717) is 10.7 Å². The fourth-order valence-corrected chi connectivity index (χ4v) is 2.90. The van der Waals surface area contributed by atoms with Crippen molar-refractivity contribution < 1.29 is 8.78 Å². The number of hydrogen-bond acceptors (Lipinski definition) is 4. The first-order valence-electron chi connectivity index (χ1n) is 6.44. The molecule has 0 saturated heterocycles. The van der Waals surface area contributed by atoms with Crippen molar-refractivity contribution in [3.05, 3.63) is 62.9 Å². The van der Waals surface area contributed by atoms with E-state index in [9.17, 15) is 13.6 Å². The predicted octanol–water partition coefficient (Wildman–Crippen LogP) is 3.25. The summed E-state index contributed by atoms with van der Waals surface area (Å²) in [6, 6.07) is 3.60. The molecule has 22 heavy (non-hydrogen) atoms. The molecule has 0 atom stereocenters. The molecular weight excluding hydrogens is 308 g/mol. The fraction of sp³-hybridized carbons (Fsp3) is 0.133. The molecule has 0 N–H and O–H groups in total. The summed E-state index contributed by atoms with van der Waals surface area (Å²) in [6.07, 6.45) is 1.52. The van der Waals surface area contributed by atoms with E-state index in [1.54, 1.807) is 13.8 Å². The molecule has 112 valence electrons. The minimum atomic E-state index is -0.732. The van der Waals surface area contributed by atoms with Crippen molar-refractivity contribution >= 4 is 11.3 Å². The average molecular weight is 319 g/mol. The van der Waals surface area contributed by atoms with Crippen LogP contribution in [0.4, 0.5) is 8.78 Å². The van der Waals surface area contributed by atoms with Crippen molar-refractivity contribution in [1.82, 2.24) is 14.8 Å². The monoisotopic (exact) mass is 319 g/mol. The number of nitrogens with zero attached hydrogens (tertiary/aromatic N) is 3. The van der Waals surface area contributed by atoms with Crippen LogP contribution in [0.5, 0.6) is 0 Å². The Morgan fingerprint density at radius 1 is 1.18 bits per heavy atom. The van der Waals surface area contributed by atoms with Gasteiger partial charge in [-0.2, -0.15) is 0 Å². The summed E-state index contributed by atoms with van der Waals surface area (Å²) in [5, 5.41) is 8.10. The highest BCUT2D eigenvalue weighted by atomic mass is 32.1. The van der Waals surface area contributed by atoms with Crippen LogP contribution in [0.15, 0.2) is 34.7 Å². The van der Waals surface area contributed by atoms with Gasteiger partial charge in [0.05, 0.1) is 11.3 Å². The second-order valence-electron chi connectivity index (χ2n) is 4.80. The third-order valence-corrected chi connectivity index (χ3v) is 4.06. The lowest BCUT2D eigenvalue weighted by atomic mass is 10.0. The van der Waals surface area contributed by atoms with Crippen molar-refractivity contribution in [2.24, 2.45) is 0 Å². The second-order valence-corrected chi connectivity index (χ2v) is 5.61. The van der Waals surface area contributed by atoms with Crippen LogP contribution in [-0.4, -0.2) is 14.8 Å². The highest BCUT2D eigenvalue weighted by molar-refractivity contribution is 7.11. The van der Waals surface area contributed by atoms with Crippen molar-refractivity contribution in [2.45, 2.75) is 13.8 Å². The summed E-state index contributed by atoms with van der Waals surface area (Å²) in [6.45, 7) is 3.20. The van der Waals surface area contributed by atoms with Gasteiger partial charge < -0.3 is 0 Å². The third-order valence-electron chi connectivity index (χ3n) is 3.37. The maximum atomic E-state index is 14.2. The summed E-state index contributed by atoms with van der Waals surface area (Å²) in [5.74, 6) is -1.46. The quantitative estimate of drug-likeness (QED) is 0.728. The van der Waals surface area contributed by atoms with E-state index in [1.165, 1.54) is 33.7 Å². The molecule has 4 nitrogen and oxygen atoms in total. The Kier molecular flexibility index (Phi) is 3.58. The van der Waals surface area contributed by atoms with Crippen LogP contribution < -0.4 is 5.43 Å². The first-order chi connectivity index (χ1) is 10.5. The van der Waals surface area contributed by atoms with Gasteiger partial charge >= 0.3 is 0 Å². The molecule has 0 unspecified atom stereocenters. The number of pyridine rings is 1. The maximum Gasteiger partial charge on any atom is 0.216 e. The van der Waals surface area contributed by atoms with Crippen molar-refractivity contribution in [1.29, 1.82) is 0 Å². The largest absolute Gasteiger partial charge is 0.290 e. The number of aryl methyl sites for hydroxylation is 1. The zero-order valence-corrected chi connectivity index (χ0v) is 12.6. The lowest BCUT2D eigenvalue weighted by Crippen LogP contribution is -2.17. The molecule has 1 aromatic carbocycles. The normalized spacial score (nSPS) is 10.9. The average Bonchev–Trinajstić information content (AvgIpc) is 3.00. The molecule has 3 rings (SSSR count). The molecule has 7 heteroatoms. The highest BCUT2D eigenvalue weighted by Crippen LogP contribution is 2.30. The first kappa shape index (κ1) is 14.5. The van der Waals surface area contributed by atoms with Crippen LogP contribution in [0.3, 0.4) is 0 Å². The molecule has 0 amide bonds. The van der Waals surface area contributed by atoms with Gasteiger partial charge in [0.15, 0.2) is 5.43 Å². The van der Waals surface area contributed by atoms with Gasteiger partial charge in [-0.1, -0.05) is 17.4 Å². The van der Waals surface area contributed by atoms with Crippen molar-refractivity contribution in [3.8, 4) is 16.4 Å². The van der Waals surface area contributed by atoms with E-state index in [0.717, 1.165) is 12.1 Å². The zero-order chi connectivity index (χ0) is 15.9. The first-order valence-corrected chi connectivity index (χ1v) is 7.32. The smallest absolute Gasteiger partial charge is 0.216 e. The van der Waals surface area contributed by atoms with Crippen LogP contribution in [-0.2, 0) is 0 Å². The SMILES string of the molecule is Cc1cn(-c2nncs2)c(-c2c(F)cccc2F)c(C)c1=O. The molecule has 0 aliphatic heterocycles. The van der Waals surface area contributed by atoms with E-state index in [2.05, 4.69) is 10.2 Å². The molecule has 0 radical (unpaired) electrons. The molecular formula is C15H11F2N3OS. The Bertz CT molecular complexity index is 884. The van der Waals surface area contributed by atoms with Crippen LogP contribution in [0.25, 0.3) is 16.4 Å². The Morgan fingerprint density at radius 3 is 2.45 bits per heavy atom. The van der Waals surface area contributed by atoms with Gasteiger partial charge in [-0.25, -0.2) is 8.78 Å². The van der Waals surface area contributed by atoms with Gasteiger partial charge in [0.2, 0.25) is 5.13 Å². The summed E-state index contributed by atoms with van der Waals surface area (Å²) >= 11 is 1.21. The zero-order valence-electron chi connectivity index (χ0n) is 11.8. The molecule has 0 aliphatic rings. The third kappa shape index (κ3) is 2.23. The summed E-state index contributed by atoms with van der Waals surface area (Å²) in [5.41, 5.74) is 1.90. The van der Waals surface area contributed by atoms with Crippen LogP contribution in [0.2, 0.25) is 0 Å². The topological polar surface area (TPSA) is 47.8 Å². The molecule has 3 aromatic rings. The number of hydrogen-bond donors (Lipinski definition) is 0. The molecule has 0 bridgehead atoms. The number of aromatic nitrogens is 3. The van der Waals surface area contributed by atoms with Crippen LogP contribution in [0.1, 0.15) is 11.1 Å². The van der Waals surface area contributed by atoms with Crippen LogP contribution in [0, 0.1) is 25.5 Å². The van der Waals surface area contributed by atoms with Crippen molar-refractivity contribution in [3.63, 3.8) is 0 Å². The summed E-state index contributed by atoms with van der Waals surface area (Å²) in [7, 11) is 0. The molecule has 2 aromatic heterocycles. The number of benzene rings is 1. The van der Waals surface area contributed by atoms with Gasteiger partial charge in [0.25, 0.3) is 0 Å². The molecule has 0 saturated carbocycles. The lowest BCUT2D eigenvalue weighted by molar-refractivity contribution is 0.587. The number of halogens is 2. The molecule has 0 spiro atoms. The van der Waals surface area contributed by atoms with E-state index in [1.807, 2.05) is 0 Å². The van der Waals surface area contributed by atoms with Crippen LogP contribution >= 0.6 is 11.3 Å². The standard InChI is InChI=1S/C15H11F2N3OS/c1-8-6-20(15-19-18-7-22-15)13(9(2)14(8)21)12-10(16)4-3-5-11(12)17/h3-7H,1-2H3. The van der Waals surface area contributed by atoms with E-state index in [4.69, 9.17) is 0 Å². The fourth-order valence-electron chi connectivity index (χ4n) is 2.36. The summed E-state index contributed by atoms with van der Waals surface area (Å²) in [4.78, 5) is 12.2. The lowest BCUT2D eigenvalue weighted by Gasteiger charge is -2.16. The van der Waals surface area contributed by atoms with E-state index < -0.39 is 11.6 Å². The van der Waals surface area contributed by atoms with Crippen molar-refractivity contribution in [2.75, 3.05) is 0 Å². The maximum absolute atomic E-state index is 14.2. The number of rotatable bonds is 2. The van der Waals surface area contributed by atoms with Gasteiger partial charge in [-0.15, -0.1) is 10.2 Å². The Morgan fingerprint density at radius 2 is 1.86 bits per heavy atom. The second kappa shape index (κ2) is 5.42. The Hall–Kier alpha value is -2.41. The molecule has 0 fully saturated rings. The van der Waals surface area contributed by atoms with E-state index in [-0.39, 0.29) is 22.2 Å². The highest BCUT2D eigenvalue weighted by Gasteiger charge is 2.21. The minimum absolute atomic E-state index is 0.156. The molecule has 0 aliphatic carbocycles. The van der Waals surface area contributed by atoms with Gasteiger partial charge in [-0.3, -0.25) is 9.36 Å². The Balaban J connectivity index is 2.45.